The van der Waals surface area contributed by atoms with E-state index in [1.54, 1.807) is 0 Å². The largest absolute Gasteiger partial charge is 0.494 e. The SMILES string of the molecule is CCOc1ccc(CNCCS(C)(=O)=O)cc1. The van der Waals surface area contributed by atoms with Crippen LogP contribution >= 0.6 is 0 Å². The van der Waals surface area contributed by atoms with Gasteiger partial charge < -0.3 is 10.1 Å². The van der Waals surface area contributed by atoms with Crippen LogP contribution in [0.25, 0.3) is 0 Å². The number of hydrogen-bond donors (Lipinski definition) is 1. The normalized spacial score (nSPS) is 11.4. The number of nitrogens with one attached hydrogen (secondary N) is 1. The highest BCUT2D eigenvalue weighted by Crippen LogP contribution is 2.11. The Morgan fingerprint density at radius 3 is 2.41 bits per heavy atom. The van der Waals surface area contributed by atoms with Crippen LogP contribution < -0.4 is 10.1 Å². The highest BCUT2D eigenvalue weighted by molar-refractivity contribution is 7.90. The fraction of sp³-hybridized carbons (Fsp3) is 0.500. The molecule has 0 saturated heterocycles. The molecule has 1 N–H and O–H groups in total. The summed E-state index contributed by atoms with van der Waals surface area (Å²) in [6, 6.07) is 7.77. The lowest BCUT2D eigenvalue weighted by molar-refractivity contribution is 0.340. The van der Waals surface area contributed by atoms with Crippen molar-refractivity contribution in [2.45, 2.75) is 13.5 Å². The highest BCUT2D eigenvalue weighted by Gasteiger charge is 2.00. The fourth-order valence-electron chi connectivity index (χ4n) is 1.36. The van der Waals surface area contributed by atoms with E-state index in [9.17, 15) is 8.42 Å². The van der Waals surface area contributed by atoms with Crippen molar-refractivity contribution >= 4 is 9.84 Å². The number of sulfone groups is 1. The van der Waals surface area contributed by atoms with E-state index in [0.717, 1.165) is 11.3 Å². The third kappa shape index (κ3) is 6.28. The van der Waals surface area contributed by atoms with Crippen molar-refractivity contribution in [3.8, 4) is 5.75 Å². The van der Waals surface area contributed by atoms with Gasteiger partial charge >= 0.3 is 0 Å². The second kappa shape index (κ2) is 6.61. The van der Waals surface area contributed by atoms with Gasteiger partial charge in [0.2, 0.25) is 0 Å². The molecule has 5 heteroatoms. The summed E-state index contributed by atoms with van der Waals surface area (Å²) < 4.78 is 27.1. The van der Waals surface area contributed by atoms with Gasteiger partial charge in [-0.05, 0) is 24.6 Å². The monoisotopic (exact) mass is 257 g/mol. The van der Waals surface area contributed by atoms with Gasteiger partial charge in [0.25, 0.3) is 0 Å². The smallest absolute Gasteiger partial charge is 0.148 e. The molecule has 0 radical (unpaired) electrons. The average molecular weight is 257 g/mol. The van der Waals surface area contributed by atoms with Gasteiger partial charge in [0.05, 0.1) is 12.4 Å². The van der Waals surface area contributed by atoms with Gasteiger partial charge in [0.1, 0.15) is 15.6 Å². The Hall–Kier alpha value is -1.07. The first kappa shape index (κ1) is 14.0. The summed E-state index contributed by atoms with van der Waals surface area (Å²) in [7, 11) is -2.88. The summed E-state index contributed by atoms with van der Waals surface area (Å²) in [6.45, 7) is 3.75. The first-order chi connectivity index (χ1) is 8.01. The predicted molar refractivity (Wildman–Crippen MR) is 69.0 cm³/mol. The zero-order valence-corrected chi connectivity index (χ0v) is 11.1. The zero-order valence-electron chi connectivity index (χ0n) is 10.3. The second-order valence-electron chi connectivity index (χ2n) is 3.88. The molecule has 0 fully saturated rings. The first-order valence-electron chi connectivity index (χ1n) is 5.61. The van der Waals surface area contributed by atoms with Crippen molar-refractivity contribution in [3.63, 3.8) is 0 Å². The topological polar surface area (TPSA) is 55.4 Å². The van der Waals surface area contributed by atoms with E-state index < -0.39 is 9.84 Å². The molecule has 0 amide bonds. The Labute approximate surface area is 103 Å². The molecule has 0 heterocycles. The minimum absolute atomic E-state index is 0.171. The van der Waals surface area contributed by atoms with Crippen molar-refractivity contribution in [1.29, 1.82) is 0 Å². The minimum atomic E-state index is -2.88. The molecule has 0 aromatic heterocycles. The summed E-state index contributed by atoms with van der Waals surface area (Å²) in [5.74, 6) is 1.02. The van der Waals surface area contributed by atoms with Gasteiger partial charge in [-0.1, -0.05) is 12.1 Å². The first-order valence-corrected chi connectivity index (χ1v) is 7.67. The molecule has 1 aromatic rings. The number of benzene rings is 1. The van der Waals surface area contributed by atoms with Gasteiger partial charge in [0, 0.05) is 19.3 Å². The molecule has 96 valence electrons. The lowest BCUT2D eigenvalue weighted by atomic mass is 10.2. The van der Waals surface area contributed by atoms with Gasteiger partial charge in [-0.15, -0.1) is 0 Å². The van der Waals surface area contributed by atoms with Gasteiger partial charge in [-0.3, -0.25) is 0 Å². The summed E-state index contributed by atoms with van der Waals surface area (Å²) in [6.07, 6.45) is 1.24. The van der Waals surface area contributed by atoms with Crippen LogP contribution in [-0.2, 0) is 16.4 Å². The van der Waals surface area contributed by atoms with E-state index >= 15 is 0 Å². The fourth-order valence-corrected chi connectivity index (χ4v) is 1.88. The third-order valence-corrected chi connectivity index (χ3v) is 3.16. The quantitative estimate of drug-likeness (QED) is 0.746. The van der Waals surface area contributed by atoms with Gasteiger partial charge in [-0.25, -0.2) is 8.42 Å². The van der Waals surface area contributed by atoms with Crippen LogP contribution in [0.2, 0.25) is 0 Å². The molecule has 0 unspecified atom stereocenters. The Morgan fingerprint density at radius 1 is 1.24 bits per heavy atom. The molecule has 0 saturated carbocycles. The molecule has 0 aliphatic carbocycles. The van der Waals surface area contributed by atoms with Crippen molar-refractivity contribution in [1.82, 2.24) is 5.32 Å². The van der Waals surface area contributed by atoms with Crippen molar-refractivity contribution in [3.05, 3.63) is 29.8 Å². The van der Waals surface area contributed by atoms with E-state index in [4.69, 9.17) is 4.74 Å². The molecular weight excluding hydrogens is 238 g/mol. The highest BCUT2D eigenvalue weighted by atomic mass is 32.2. The Kier molecular flexibility index (Phi) is 5.44. The summed E-state index contributed by atoms with van der Waals surface area (Å²) in [4.78, 5) is 0. The third-order valence-electron chi connectivity index (χ3n) is 2.21. The van der Waals surface area contributed by atoms with Crippen LogP contribution in [0.3, 0.4) is 0 Å². The molecule has 0 spiro atoms. The van der Waals surface area contributed by atoms with Crippen molar-refractivity contribution in [2.75, 3.05) is 25.2 Å². The van der Waals surface area contributed by atoms with E-state index in [1.807, 2.05) is 31.2 Å². The van der Waals surface area contributed by atoms with Crippen molar-refractivity contribution < 1.29 is 13.2 Å². The number of ether oxygens (including phenoxy) is 1. The minimum Gasteiger partial charge on any atom is -0.494 e. The molecule has 0 aliphatic rings. The Morgan fingerprint density at radius 2 is 1.88 bits per heavy atom. The second-order valence-corrected chi connectivity index (χ2v) is 6.14. The lowest BCUT2D eigenvalue weighted by Gasteiger charge is -2.06. The molecule has 17 heavy (non-hydrogen) atoms. The standard InChI is InChI=1S/C12H19NO3S/c1-3-16-12-6-4-11(5-7-12)10-13-8-9-17(2,14)15/h4-7,13H,3,8-10H2,1-2H3. The maximum Gasteiger partial charge on any atom is 0.148 e. The van der Waals surface area contributed by atoms with Crippen LogP contribution in [0.1, 0.15) is 12.5 Å². The molecule has 1 aromatic carbocycles. The maximum atomic E-state index is 10.9. The summed E-state index contributed by atoms with van der Waals surface area (Å²) in [5, 5.41) is 3.09. The summed E-state index contributed by atoms with van der Waals surface area (Å²) >= 11 is 0. The predicted octanol–water partition coefficient (Wildman–Crippen LogP) is 1.22. The lowest BCUT2D eigenvalue weighted by Crippen LogP contribution is -2.21. The van der Waals surface area contributed by atoms with Gasteiger partial charge in [0.15, 0.2) is 0 Å². The van der Waals surface area contributed by atoms with Crippen LogP contribution in [0.4, 0.5) is 0 Å². The zero-order chi connectivity index (χ0) is 12.7. The molecule has 0 aliphatic heterocycles. The maximum absolute atomic E-state index is 10.9. The Balaban J connectivity index is 2.32. The van der Waals surface area contributed by atoms with E-state index in [-0.39, 0.29) is 5.75 Å². The van der Waals surface area contributed by atoms with E-state index in [0.29, 0.717) is 19.7 Å². The van der Waals surface area contributed by atoms with Gasteiger partial charge in [-0.2, -0.15) is 0 Å². The van der Waals surface area contributed by atoms with Crippen LogP contribution in [-0.4, -0.2) is 33.6 Å². The van der Waals surface area contributed by atoms with Crippen LogP contribution in [0.15, 0.2) is 24.3 Å². The number of rotatable bonds is 7. The molecule has 1 rings (SSSR count). The average Bonchev–Trinajstić information content (AvgIpc) is 2.26. The summed E-state index contributed by atoms with van der Waals surface area (Å²) in [5.41, 5.74) is 1.11. The Bertz CT molecular complexity index is 426. The van der Waals surface area contributed by atoms with Crippen LogP contribution in [0, 0.1) is 0 Å². The molecule has 4 nitrogen and oxygen atoms in total. The molecule has 0 atom stereocenters. The van der Waals surface area contributed by atoms with E-state index in [1.165, 1.54) is 6.26 Å². The van der Waals surface area contributed by atoms with Crippen LogP contribution in [0.5, 0.6) is 5.75 Å². The molecule has 0 bridgehead atoms. The van der Waals surface area contributed by atoms with Crippen molar-refractivity contribution in [2.24, 2.45) is 0 Å². The molecular formula is C12H19NO3S. The van der Waals surface area contributed by atoms with E-state index in [2.05, 4.69) is 5.32 Å². The number of hydrogen-bond acceptors (Lipinski definition) is 4.